The van der Waals surface area contributed by atoms with Crippen LogP contribution in [0, 0.1) is 6.42 Å². The SMILES string of the molecule is [CH]1CCCCN(C2CCCCC2)CC1. The molecule has 0 N–H and O–H groups in total. The highest BCUT2D eigenvalue weighted by atomic mass is 15.1. The number of hydrogen-bond donors (Lipinski definition) is 0. The Bertz CT molecular complexity index is 141. The van der Waals surface area contributed by atoms with Crippen LogP contribution in [0.4, 0.5) is 0 Å². The van der Waals surface area contributed by atoms with Crippen LogP contribution in [0.2, 0.25) is 0 Å². The lowest BCUT2D eigenvalue weighted by atomic mass is 9.93. The smallest absolute Gasteiger partial charge is 0.00952 e. The van der Waals surface area contributed by atoms with Gasteiger partial charge in [0.05, 0.1) is 0 Å². The minimum absolute atomic E-state index is 0.940. The normalized spacial score (nSPS) is 28.3. The van der Waals surface area contributed by atoms with Gasteiger partial charge in [-0.25, -0.2) is 0 Å². The molecule has 0 bridgehead atoms. The molecule has 0 amide bonds. The van der Waals surface area contributed by atoms with Crippen LogP contribution in [0.3, 0.4) is 0 Å². The summed E-state index contributed by atoms with van der Waals surface area (Å²) in [4.78, 5) is 2.77. The van der Waals surface area contributed by atoms with E-state index in [1.807, 2.05) is 0 Å². The molecule has 0 unspecified atom stereocenters. The standard InChI is InChI=1S/C13H24N/c1-2-7-11-14(12-8-3-1)13-9-5-4-6-10-13/h2,13H,1,3-12H2. The van der Waals surface area contributed by atoms with Gasteiger partial charge in [-0.2, -0.15) is 0 Å². The van der Waals surface area contributed by atoms with Gasteiger partial charge in [0.2, 0.25) is 0 Å². The zero-order valence-electron chi connectivity index (χ0n) is 9.38. The highest BCUT2D eigenvalue weighted by Gasteiger charge is 2.20. The van der Waals surface area contributed by atoms with Crippen LogP contribution < -0.4 is 0 Å². The lowest BCUT2D eigenvalue weighted by Crippen LogP contribution is -2.38. The van der Waals surface area contributed by atoms with E-state index in [0.717, 1.165) is 6.04 Å². The van der Waals surface area contributed by atoms with Crippen molar-refractivity contribution in [1.82, 2.24) is 4.90 Å². The molecule has 2 fully saturated rings. The van der Waals surface area contributed by atoms with E-state index in [4.69, 9.17) is 0 Å². The number of hydrogen-bond acceptors (Lipinski definition) is 1. The quantitative estimate of drug-likeness (QED) is 0.618. The largest absolute Gasteiger partial charge is 0.300 e. The van der Waals surface area contributed by atoms with Gasteiger partial charge in [0, 0.05) is 6.04 Å². The fraction of sp³-hybridized carbons (Fsp3) is 0.923. The summed E-state index contributed by atoms with van der Waals surface area (Å²) < 4.78 is 0. The molecule has 1 saturated carbocycles. The van der Waals surface area contributed by atoms with Crippen LogP contribution >= 0.6 is 0 Å². The van der Waals surface area contributed by atoms with E-state index in [0.29, 0.717) is 0 Å². The van der Waals surface area contributed by atoms with Gasteiger partial charge in [-0.3, -0.25) is 0 Å². The minimum Gasteiger partial charge on any atom is -0.300 e. The van der Waals surface area contributed by atoms with Crippen molar-refractivity contribution in [1.29, 1.82) is 0 Å². The Labute approximate surface area is 88.9 Å². The van der Waals surface area contributed by atoms with E-state index < -0.39 is 0 Å². The lowest BCUT2D eigenvalue weighted by molar-refractivity contribution is 0.150. The molecular formula is C13H24N. The summed E-state index contributed by atoms with van der Waals surface area (Å²) in [5.74, 6) is 0. The van der Waals surface area contributed by atoms with E-state index in [2.05, 4.69) is 11.3 Å². The van der Waals surface area contributed by atoms with Crippen LogP contribution in [0.5, 0.6) is 0 Å². The molecule has 0 aromatic rings. The number of likely N-dealkylation sites (tertiary alicyclic amines) is 1. The van der Waals surface area contributed by atoms with E-state index in [1.165, 1.54) is 70.9 Å². The molecule has 81 valence electrons. The molecule has 1 aliphatic carbocycles. The highest BCUT2D eigenvalue weighted by Crippen LogP contribution is 2.24. The molecule has 2 aliphatic rings. The fourth-order valence-electron chi connectivity index (χ4n) is 2.93. The predicted octanol–water partition coefficient (Wildman–Crippen LogP) is 3.40. The second-order valence-electron chi connectivity index (χ2n) is 4.90. The zero-order chi connectivity index (χ0) is 9.64. The summed E-state index contributed by atoms with van der Waals surface area (Å²) in [5, 5.41) is 0. The second kappa shape index (κ2) is 5.75. The van der Waals surface area contributed by atoms with E-state index in [-0.39, 0.29) is 0 Å². The molecule has 1 nitrogen and oxygen atoms in total. The van der Waals surface area contributed by atoms with Gasteiger partial charge in [-0.1, -0.05) is 32.1 Å². The van der Waals surface area contributed by atoms with Gasteiger partial charge in [0.15, 0.2) is 0 Å². The molecule has 1 heteroatoms. The van der Waals surface area contributed by atoms with Crippen LogP contribution in [0.1, 0.15) is 57.8 Å². The molecule has 1 heterocycles. The van der Waals surface area contributed by atoms with Crippen molar-refractivity contribution in [2.75, 3.05) is 13.1 Å². The Kier molecular flexibility index (Phi) is 4.30. The first kappa shape index (κ1) is 10.5. The van der Waals surface area contributed by atoms with Crippen molar-refractivity contribution < 1.29 is 0 Å². The summed E-state index contributed by atoms with van der Waals surface area (Å²) in [6.07, 6.45) is 15.4. The topological polar surface area (TPSA) is 3.24 Å². The third-order valence-corrected chi connectivity index (χ3v) is 3.82. The first-order valence-corrected chi connectivity index (χ1v) is 6.52. The first-order chi connectivity index (χ1) is 6.97. The van der Waals surface area contributed by atoms with Gasteiger partial charge in [-0.15, -0.1) is 0 Å². The predicted molar refractivity (Wildman–Crippen MR) is 61.2 cm³/mol. The van der Waals surface area contributed by atoms with Gasteiger partial charge >= 0.3 is 0 Å². The molecule has 14 heavy (non-hydrogen) atoms. The minimum atomic E-state index is 0.940. The Morgan fingerprint density at radius 2 is 1.64 bits per heavy atom. The second-order valence-corrected chi connectivity index (χ2v) is 4.90. The molecular weight excluding hydrogens is 170 g/mol. The summed E-state index contributed by atoms with van der Waals surface area (Å²) in [6, 6.07) is 0.940. The van der Waals surface area contributed by atoms with Crippen LogP contribution in [0.15, 0.2) is 0 Å². The molecule has 1 saturated heterocycles. The third-order valence-electron chi connectivity index (χ3n) is 3.82. The molecule has 1 aliphatic heterocycles. The van der Waals surface area contributed by atoms with Crippen molar-refractivity contribution in [3.63, 3.8) is 0 Å². The monoisotopic (exact) mass is 194 g/mol. The maximum absolute atomic E-state index is 2.77. The zero-order valence-corrected chi connectivity index (χ0v) is 9.38. The fourth-order valence-corrected chi connectivity index (χ4v) is 2.93. The molecule has 2 rings (SSSR count). The molecule has 0 spiro atoms. The third kappa shape index (κ3) is 2.98. The lowest BCUT2D eigenvalue weighted by Gasteiger charge is -2.35. The van der Waals surface area contributed by atoms with Crippen LogP contribution in [-0.2, 0) is 0 Å². The Morgan fingerprint density at radius 3 is 2.50 bits per heavy atom. The molecule has 0 aromatic heterocycles. The summed E-state index contributed by atoms with van der Waals surface area (Å²) in [6.45, 7) is 2.71. The Morgan fingerprint density at radius 1 is 0.786 bits per heavy atom. The molecule has 1 radical (unpaired) electrons. The average Bonchev–Trinajstić information content (AvgIpc) is 2.18. The summed E-state index contributed by atoms with van der Waals surface area (Å²) in [7, 11) is 0. The number of rotatable bonds is 1. The first-order valence-electron chi connectivity index (χ1n) is 6.52. The highest BCUT2D eigenvalue weighted by molar-refractivity contribution is 4.79. The maximum Gasteiger partial charge on any atom is 0.00952 e. The number of nitrogens with zero attached hydrogens (tertiary/aromatic N) is 1. The average molecular weight is 194 g/mol. The van der Waals surface area contributed by atoms with Crippen molar-refractivity contribution in [3.05, 3.63) is 6.42 Å². The van der Waals surface area contributed by atoms with Gasteiger partial charge in [0.1, 0.15) is 0 Å². The van der Waals surface area contributed by atoms with E-state index >= 15 is 0 Å². The van der Waals surface area contributed by atoms with Crippen LogP contribution in [-0.4, -0.2) is 24.0 Å². The summed E-state index contributed by atoms with van der Waals surface area (Å²) in [5.41, 5.74) is 0. The van der Waals surface area contributed by atoms with Crippen LogP contribution in [0.25, 0.3) is 0 Å². The van der Waals surface area contributed by atoms with Crippen molar-refractivity contribution in [2.24, 2.45) is 0 Å². The van der Waals surface area contributed by atoms with Crippen molar-refractivity contribution >= 4 is 0 Å². The Balaban J connectivity index is 1.80. The van der Waals surface area contributed by atoms with E-state index in [1.54, 1.807) is 0 Å². The molecule has 0 atom stereocenters. The Hall–Kier alpha value is -0.0400. The maximum atomic E-state index is 2.77. The molecule has 0 aromatic carbocycles. The van der Waals surface area contributed by atoms with Gasteiger partial charge in [-0.05, 0) is 45.2 Å². The van der Waals surface area contributed by atoms with Gasteiger partial charge in [0.25, 0.3) is 0 Å². The van der Waals surface area contributed by atoms with Gasteiger partial charge < -0.3 is 4.90 Å². The van der Waals surface area contributed by atoms with E-state index in [9.17, 15) is 0 Å². The van der Waals surface area contributed by atoms with Crippen molar-refractivity contribution in [2.45, 2.75) is 63.8 Å². The summed E-state index contributed by atoms with van der Waals surface area (Å²) >= 11 is 0. The van der Waals surface area contributed by atoms with Crippen molar-refractivity contribution in [3.8, 4) is 0 Å².